The zero-order valence-electron chi connectivity index (χ0n) is 16.7. The number of hydrogen-bond acceptors (Lipinski definition) is 6. The van der Waals surface area contributed by atoms with Gasteiger partial charge >= 0.3 is 0 Å². The van der Waals surface area contributed by atoms with E-state index < -0.39 is 0 Å². The molecule has 5 rings (SSSR count). The average molecular weight is 452 g/mol. The second-order valence-electron chi connectivity index (χ2n) is 7.01. The molecule has 3 aromatic heterocycles. The van der Waals surface area contributed by atoms with E-state index in [1.807, 2.05) is 59.9 Å². The quantitative estimate of drug-likeness (QED) is 0.336. The standard InChI is InChI=1S/C22H18ClN5O2S/c1-2-10-27-20(29)16-8-3-4-9-17(16)28-21(27)25-26-22(28)31-13-19-24-12-18(30-19)14-6-5-7-15(23)11-14/h3-9,11-12H,2,10,13H2,1H3. The number of para-hydroxylation sites is 1. The van der Waals surface area contributed by atoms with Crippen molar-refractivity contribution < 1.29 is 4.42 Å². The Balaban J connectivity index is 1.50. The zero-order chi connectivity index (χ0) is 21.4. The number of aromatic nitrogens is 5. The molecule has 9 heteroatoms. The van der Waals surface area contributed by atoms with Crippen molar-refractivity contribution in [1.29, 1.82) is 0 Å². The third-order valence-electron chi connectivity index (χ3n) is 4.91. The molecule has 3 heterocycles. The topological polar surface area (TPSA) is 78.2 Å². The number of hydrogen-bond donors (Lipinski definition) is 0. The number of benzene rings is 2. The minimum absolute atomic E-state index is 0.0484. The van der Waals surface area contributed by atoms with Crippen molar-refractivity contribution in [3.63, 3.8) is 0 Å². The number of fused-ring (bicyclic) bond motifs is 3. The fourth-order valence-corrected chi connectivity index (χ4v) is 4.51. The van der Waals surface area contributed by atoms with E-state index in [9.17, 15) is 4.79 Å². The van der Waals surface area contributed by atoms with Crippen LogP contribution in [0.5, 0.6) is 0 Å². The predicted octanol–water partition coefficient (Wildman–Crippen LogP) is 5.05. The molecule has 0 radical (unpaired) electrons. The largest absolute Gasteiger partial charge is 0.440 e. The molecule has 0 fully saturated rings. The maximum absolute atomic E-state index is 12.9. The molecule has 7 nitrogen and oxygen atoms in total. The molecule has 0 N–H and O–H groups in total. The summed E-state index contributed by atoms with van der Waals surface area (Å²) in [6.45, 7) is 2.61. The van der Waals surface area contributed by atoms with Gasteiger partial charge in [0.2, 0.25) is 11.7 Å². The van der Waals surface area contributed by atoms with Crippen LogP contribution in [0.25, 0.3) is 28.0 Å². The van der Waals surface area contributed by atoms with Crippen LogP contribution >= 0.6 is 23.4 Å². The molecule has 0 aliphatic rings. The highest BCUT2D eigenvalue weighted by molar-refractivity contribution is 7.98. The molecule has 0 saturated carbocycles. The highest BCUT2D eigenvalue weighted by Crippen LogP contribution is 2.28. The normalized spacial score (nSPS) is 11.5. The lowest BCUT2D eigenvalue weighted by atomic mass is 10.2. The Labute approximate surface area is 186 Å². The Morgan fingerprint density at radius 1 is 1.13 bits per heavy atom. The van der Waals surface area contributed by atoms with Crippen molar-refractivity contribution >= 4 is 40.0 Å². The van der Waals surface area contributed by atoms with E-state index in [0.29, 0.717) is 45.3 Å². The molecular formula is C22H18ClN5O2S. The van der Waals surface area contributed by atoms with Gasteiger partial charge in [0.1, 0.15) is 0 Å². The van der Waals surface area contributed by atoms with Crippen molar-refractivity contribution in [1.82, 2.24) is 24.1 Å². The molecular weight excluding hydrogens is 434 g/mol. The SMILES string of the molecule is CCCn1c(=O)c2ccccc2n2c(SCc3ncc(-c4cccc(Cl)c4)o3)nnc12. The van der Waals surface area contributed by atoms with E-state index >= 15 is 0 Å². The first-order valence-corrected chi connectivity index (χ1v) is 11.2. The molecule has 0 unspecified atom stereocenters. The molecule has 0 spiro atoms. The second kappa shape index (κ2) is 8.20. The summed E-state index contributed by atoms with van der Waals surface area (Å²) in [5.74, 6) is 2.25. The van der Waals surface area contributed by atoms with Gasteiger partial charge in [0.05, 0.1) is 22.9 Å². The lowest BCUT2D eigenvalue weighted by molar-refractivity contribution is 0.530. The summed E-state index contributed by atoms with van der Waals surface area (Å²) >= 11 is 7.53. The van der Waals surface area contributed by atoms with Crippen LogP contribution in [-0.4, -0.2) is 24.1 Å². The fraction of sp³-hybridized carbons (Fsp3) is 0.182. The highest BCUT2D eigenvalue weighted by Gasteiger charge is 2.17. The van der Waals surface area contributed by atoms with Gasteiger partial charge in [-0.3, -0.25) is 13.8 Å². The Morgan fingerprint density at radius 2 is 2.00 bits per heavy atom. The Kier molecular flexibility index (Phi) is 5.25. The summed E-state index contributed by atoms with van der Waals surface area (Å²) in [6.07, 6.45) is 2.52. The Morgan fingerprint density at radius 3 is 2.84 bits per heavy atom. The van der Waals surface area contributed by atoms with E-state index in [1.54, 1.807) is 10.8 Å². The van der Waals surface area contributed by atoms with Crippen molar-refractivity contribution in [2.45, 2.75) is 30.8 Å². The van der Waals surface area contributed by atoms with Crippen molar-refractivity contribution in [2.75, 3.05) is 0 Å². The number of halogens is 1. The summed E-state index contributed by atoms with van der Waals surface area (Å²) in [5, 5.41) is 10.6. The van der Waals surface area contributed by atoms with Gasteiger partial charge in [-0.1, -0.05) is 54.6 Å². The van der Waals surface area contributed by atoms with Crippen LogP contribution in [0.15, 0.2) is 69.1 Å². The fourth-order valence-electron chi connectivity index (χ4n) is 3.53. The van der Waals surface area contributed by atoms with Crippen molar-refractivity contribution in [2.24, 2.45) is 0 Å². The van der Waals surface area contributed by atoms with E-state index in [-0.39, 0.29) is 5.56 Å². The Bertz CT molecular complexity index is 1460. The molecule has 5 aromatic rings. The number of thioether (sulfide) groups is 1. The minimum atomic E-state index is -0.0484. The summed E-state index contributed by atoms with van der Waals surface area (Å²) in [6, 6.07) is 15.0. The van der Waals surface area contributed by atoms with Crippen LogP contribution in [0.1, 0.15) is 19.2 Å². The molecule has 0 bridgehead atoms. The van der Waals surface area contributed by atoms with Gasteiger partial charge in [0.15, 0.2) is 10.9 Å². The third kappa shape index (κ3) is 3.62. The van der Waals surface area contributed by atoms with Gasteiger partial charge < -0.3 is 4.42 Å². The minimum Gasteiger partial charge on any atom is -0.440 e. The predicted molar refractivity (Wildman–Crippen MR) is 122 cm³/mol. The first-order valence-electron chi connectivity index (χ1n) is 9.86. The molecule has 2 aromatic carbocycles. The van der Waals surface area contributed by atoms with Gasteiger partial charge in [-0.05, 0) is 30.7 Å². The molecule has 0 amide bonds. The van der Waals surface area contributed by atoms with Crippen LogP contribution in [0.2, 0.25) is 5.02 Å². The van der Waals surface area contributed by atoms with Crippen LogP contribution in [0, 0.1) is 0 Å². The van der Waals surface area contributed by atoms with E-state index in [0.717, 1.165) is 17.5 Å². The summed E-state index contributed by atoms with van der Waals surface area (Å²) in [5.41, 5.74) is 1.61. The number of aryl methyl sites for hydroxylation is 1. The third-order valence-corrected chi connectivity index (χ3v) is 6.06. The zero-order valence-corrected chi connectivity index (χ0v) is 18.2. The molecule has 31 heavy (non-hydrogen) atoms. The highest BCUT2D eigenvalue weighted by atomic mass is 35.5. The van der Waals surface area contributed by atoms with Gasteiger partial charge in [0, 0.05) is 17.1 Å². The Hall–Kier alpha value is -3.10. The molecule has 156 valence electrons. The van der Waals surface area contributed by atoms with Crippen molar-refractivity contribution in [3.8, 4) is 11.3 Å². The number of oxazole rings is 1. The van der Waals surface area contributed by atoms with Gasteiger partial charge in [0.25, 0.3) is 5.56 Å². The van der Waals surface area contributed by atoms with E-state index in [1.165, 1.54) is 11.8 Å². The monoisotopic (exact) mass is 451 g/mol. The number of nitrogens with zero attached hydrogens (tertiary/aromatic N) is 5. The summed E-state index contributed by atoms with van der Waals surface area (Å²) < 4.78 is 9.51. The maximum Gasteiger partial charge on any atom is 0.262 e. The number of rotatable bonds is 6. The van der Waals surface area contributed by atoms with Crippen molar-refractivity contribution in [3.05, 3.63) is 76.0 Å². The smallest absolute Gasteiger partial charge is 0.262 e. The molecule has 0 aliphatic carbocycles. The van der Waals surface area contributed by atoms with Gasteiger partial charge in [-0.2, -0.15) is 0 Å². The maximum atomic E-state index is 12.9. The molecule has 0 atom stereocenters. The lowest BCUT2D eigenvalue weighted by Gasteiger charge is -2.10. The van der Waals surface area contributed by atoms with Crippen LogP contribution in [-0.2, 0) is 12.3 Å². The van der Waals surface area contributed by atoms with E-state index in [4.69, 9.17) is 16.0 Å². The first kappa shape index (κ1) is 19.8. The molecule has 0 aliphatic heterocycles. The van der Waals surface area contributed by atoms with Crippen LogP contribution in [0.3, 0.4) is 0 Å². The van der Waals surface area contributed by atoms with Crippen LogP contribution in [0.4, 0.5) is 0 Å². The lowest BCUT2D eigenvalue weighted by Crippen LogP contribution is -2.23. The summed E-state index contributed by atoms with van der Waals surface area (Å²) in [7, 11) is 0. The first-order chi connectivity index (χ1) is 15.2. The second-order valence-corrected chi connectivity index (χ2v) is 8.39. The van der Waals surface area contributed by atoms with Gasteiger partial charge in [-0.25, -0.2) is 4.98 Å². The van der Waals surface area contributed by atoms with Gasteiger partial charge in [-0.15, -0.1) is 10.2 Å². The average Bonchev–Trinajstić information content (AvgIpc) is 3.42. The summed E-state index contributed by atoms with van der Waals surface area (Å²) in [4.78, 5) is 17.3. The van der Waals surface area contributed by atoms with Crippen LogP contribution < -0.4 is 5.56 Å². The van der Waals surface area contributed by atoms with E-state index in [2.05, 4.69) is 15.2 Å². The molecule has 0 saturated heterocycles.